The van der Waals surface area contributed by atoms with Crippen LogP contribution in [0.2, 0.25) is 0 Å². The van der Waals surface area contributed by atoms with Gasteiger partial charge < -0.3 is 14.8 Å². The lowest BCUT2D eigenvalue weighted by atomic mass is 10.0. The minimum Gasteiger partial charge on any atom is -0.493 e. The second-order valence-corrected chi connectivity index (χ2v) is 6.56. The van der Waals surface area contributed by atoms with Crippen molar-refractivity contribution in [1.29, 1.82) is 0 Å². The van der Waals surface area contributed by atoms with E-state index in [1.165, 1.54) is 36.6 Å². The van der Waals surface area contributed by atoms with Crippen molar-refractivity contribution in [3.05, 3.63) is 82.0 Å². The number of benzene rings is 2. The first kappa shape index (κ1) is 18.8. The maximum Gasteiger partial charge on any atom is 0.387 e. The zero-order valence-corrected chi connectivity index (χ0v) is 15.2. The molecule has 0 saturated carbocycles. The predicted octanol–water partition coefficient (Wildman–Crippen LogP) is 4.88. The zero-order chi connectivity index (χ0) is 19.2. The third-order valence-corrected chi connectivity index (χ3v) is 4.82. The number of thiophene rings is 1. The van der Waals surface area contributed by atoms with E-state index in [1.54, 1.807) is 0 Å². The van der Waals surface area contributed by atoms with Gasteiger partial charge in [0.2, 0.25) is 0 Å². The van der Waals surface area contributed by atoms with Crippen LogP contribution in [-0.4, -0.2) is 19.6 Å². The van der Waals surface area contributed by atoms with E-state index in [1.807, 2.05) is 47.8 Å². The van der Waals surface area contributed by atoms with Gasteiger partial charge in [-0.2, -0.15) is 8.78 Å². The zero-order valence-electron chi connectivity index (χ0n) is 14.4. The van der Waals surface area contributed by atoms with Crippen LogP contribution in [0.25, 0.3) is 0 Å². The molecule has 3 aromatic rings. The SMILES string of the molecule is COc1cc(C(=O)NC(c2ccccc2)c2cccs2)ccc1OC(F)F. The van der Waals surface area contributed by atoms with E-state index in [0.29, 0.717) is 0 Å². The molecule has 0 bridgehead atoms. The van der Waals surface area contributed by atoms with Gasteiger partial charge in [-0.15, -0.1) is 11.3 Å². The van der Waals surface area contributed by atoms with Crippen LogP contribution in [0.5, 0.6) is 11.5 Å². The summed E-state index contributed by atoms with van der Waals surface area (Å²) >= 11 is 1.54. The van der Waals surface area contributed by atoms with Crippen LogP contribution in [0.3, 0.4) is 0 Å². The number of hydrogen-bond acceptors (Lipinski definition) is 4. The summed E-state index contributed by atoms with van der Waals surface area (Å²) < 4.78 is 34.4. The Morgan fingerprint density at radius 3 is 2.44 bits per heavy atom. The van der Waals surface area contributed by atoms with Crippen LogP contribution in [0.1, 0.15) is 26.8 Å². The van der Waals surface area contributed by atoms with Crippen LogP contribution in [0.15, 0.2) is 66.0 Å². The Balaban J connectivity index is 1.86. The Morgan fingerprint density at radius 2 is 1.81 bits per heavy atom. The highest BCUT2D eigenvalue weighted by Gasteiger charge is 2.20. The molecule has 0 radical (unpaired) electrons. The largest absolute Gasteiger partial charge is 0.493 e. The average Bonchev–Trinajstić information content (AvgIpc) is 3.21. The van der Waals surface area contributed by atoms with Crippen molar-refractivity contribution < 1.29 is 23.0 Å². The lowest BCUT2D eigenvalue weighted by Gasteiger charge is -2.19. The first-order valence-corrected chi connectivity index (χ1v) is 8.98. The molecule has 140 valence electrons. The molecule has 1 amide bonds. The Bertz CT molecular complexity index is 886. The molecular formula is C20H17F2NO3S. The molecule has 0 spiro atoms. The Kier molecular flexibility index (Phi) is 6.03. The van der Waals surface area contributed by atoms with E-state index >= 15 is 0 Å². The van der Waals surface area contributed by atoms with Crippen LogP contribution in [0, 0.1) is 0 Å². The second kappa shape index (κ2) is 8.64. The van der Waals surface area contributed by atoms with Crippen molar-refractivity contribution in [3.8, 4) is 11.5 Å². The Hall–Kier alpha value is -2.93. The minimum atomic E-state index is -2.97. The topological polar surface area (TPSA) is 47.6 Å². The normalized spacial score (nSPS) is 11.9. The molecular weight excluding hydrogens is 372 g/mol. The number of amides is 1. The lowest BCUT2D eigenvalue weighted by Crippen LogP contribution is -2.28. The molecule has 1 N–H and O–H groups in total. The van der Waals surface area contributed by atoms with Crippen molar-refractivity contribution in [2.75, 3.05) is 7.11 Å². The van der Waals surface area contributed by atoms with Gasteiger partial charge >= 0.3 is 6.61 Å². The van der Waals surface area contributed by atoms with E-state index < -0.39 is 6.61 Å². The minimum absolute atomic E-state index is 0.0651. The number of methoxy groups -OCH3 is 1. The molecule has 0 aliphatic rings. The molecule has 0 aliphatic carbocycles. The summed E-state index contributed by atoms with van der Waals surface area (Å²) in [7, 11) is 1.33. The molecule has 1 atom stereocenters. The maximum absolute atomic E-state index is 12.8. The van der Waals surface area contributed by atoms with Crippen LogP contribution in [0.4, 0.5) is 8.78 Å². The second-order valence-electron chi connectivity index (χ2n) is 5.58. The molecule has 7 heteroatoms. The van der Waals surface area contributed by atoms with Gasteiger partial charge in [0.15, 0.2) is 11.5 Å². The van der Waals surface area contributed by atoms with Crippen LogP contribution >= 0.6 is 11.3 Å². The third kappa shape index (κ3) is 4.62. The van der Waals surface area contributed by atoms with Crippen LogP contribution < -0.4 is 14.8 Å². The summed E-state index contributed by atoms with van der Waals surface area (Å²) in [4.78, 5) is 13.8. The highest BCUT2D eigenvalue weighted by atomic mass is 32.1. The molecule has 0 saturated heterocycles. The summed E-state index contributed by atoms with van der Waals surface area (Å²) in [5.41, 5.74) is 1.23. The first-order valence-electron chi connectivity index (χ1n) is 8.10. The number of ether oxygens (including phenoxy) is 2. The number of carbonyl (C=O) groups is 1. The van der Waals surface area contributed by atoms with Gasteiger partial charge in [-0.3, -0.25) is 4.79 Å². The van der Waals surface area contributed by atoms with Gasteiger partial charge in [0, 0.05) is 10.4 Å². The number of halogens is 2. The highest BCUT2D eigenvalue weighted by molar-refractivity contribution is 7.10. The summed E-state index contributed by atoms with van der Waals surface area (Å²) in [5, 5.41) is 4.93. The number of alkyl halides is 2. The van der Waals surface area contributed by atoms with Gasteiger partial charge in [0.25, 0.3) is 5.91 Å². The van der Waals surface area contributed by atoms with Crippen molar-refractivity contribution in [1.82, 2.24) is 5.32 Å². The highest BCUT2D eigenvalue weighted by Crippen LogP contribution is 2.30. The van der Waals surface area contributed by atoms with Gasteiger partial charge in [0.1, 0.15) is 0 Å². The fraction of sp³-hybridized carbons (Fsp3) is 0.150. The van der Waals surface area contributed by atoms with Crippen molar-refractivity contribution in [2.24, 2.45) is 0 Å². The predicted molar refractivity (Wildman–Crippen MR) is 99.7 cm³/mol. The van der Waals surface area contributed by atoms with E-state index in [9.17, 15) is 13.6 Å². The number of carbonyl (C=O) groups excluding carboxylic acids is 1. The fourth-order valence-electron chi connectivity index (χ4n) is 2.64. The van der Waals surface area contributed by atoms with Crippen LogP contribution in [-0.2, 0) is 0 Å². The molecule has 0 aliphatic heterocycles. The third-order valence-electron chi connectivity index (χ3n) is 3.88. The van der Waals surface area contributed by atoms with Crippen molar-refractivity contribution in [3.63, 3.8) is 0 Å². The number of hydrogen-bond donors (Lipinski definition) is 1. The summed E-state index contributed by atoms with van der Waals surface area (Å²) in [6, 6.07) is 17.2. The Morgan fingerprint density at radius 1 is 1.04 bits per heavy atom. The smallest absolute Gasteiger partial charge is 0.387 e. The molecule has 27 heavy (non-hydrogen) atoms. The maximum atomic E-state index is 12.8. The molecule has 1 heterocycles. The molecule has 3 rings (SSSR count). The van der Waals surface area contributed by atoms with Gasteiger partial charge in [-0.05, 0) is 35.2 Å². The summed E-state index contributed by atoms with van der Waals surface area (Å²) in [5.74, 6) is -0.406. The van der Waals surface area contributed by atoms with E-state index in [-0.39, 0.29) is 29.0 Å². The molecule has 2 aromatic carbocycles. The van der Waals surface area contributed by atoms with E-state index in [0.717, 1.165) is 10.4 Å². The number of nitrogens with one attached hydrogen (secondary N) is 1. The molecule has 0 fully saturated rings. The number of rotatable bonds is 7. The summed E-state index contributed by atoms with van der Waals surface area (Å²) in [6.45, 7) is -2.97. The fourth-order valence-corrected chi connectivity index (χ4v) is 3.44. The summed E-state index contributed by atoms with van der Waals surface area (Å²) in [6.07, 6.45) is 0. The lowest BCUT2D eigenvalue weighted by molar-refractivity contribution is -0.0512. The molecule has 1 aromatic heterocycles. The van der Waals surface area contributed by atoms with E-state index in [4.69, 9.17) is 4.74 Å². The van der Waals surface area contributed by atoms with Gasteiger partial charge in [-0.25, -0.2) is 0 Å². The average molecular weight is 389 g/mol. The van der Waals surface area contributed by atoms with E-state index in [2.05, 4.69) is 10.1 Å². The quantitative estimate of drug-likeness (QED) is 0.627. The van der Waals surface area contributed by atoms with Crippen molar-refractivity contribution >= 4 is 17.2 Å². The molecule has 1 unspecified atom stereocenters. The molecule has 4 nitrogen and oxygen atoms in total. The standard InChI is InChI=1S/C20H17F2NO3S/c1-25-16-12-14(9-10-15(16)26-20(21)22)19(24)23-18(17-8-5-11-27-17)13-6-3-2-4-7-13/h2-12,18,20H,1H3,(H,23,24). The van der Waals surface area contributed by atoms with Crippen molar-refractivity contribution in [2.45, 2.75) is 12.7 Å². The Labute approximate surface area is 159 Å². The first-order chi connectivity index (χ1) is 13.1. The monoisotopic (exact) mass is 389 g/mol. The van der Waals surface area contributed by atoms with Gasteiger partial charge in [0.05, 0.1) is 13.2 Å². The van der Waals surface area contributed by atoms with Gasteiger partial charge in [-0.1, -0.05) is 36.4 Å².